The monoisotopic (exact) mass is 344 g/mol. The number of thiazole rings is 1. The molecule has 1 aliphatic heterocycles. The molecule has 0 saturated carbocycles. The number of amides is 1. The molecule has 5 nitrogen and oxygen atoms in total. The highest BCUT2D eigenvalue weighted by molar-refractivity contribution is 7.15. The molecule has 3 rings (SSSR count). The van der Waals surface area contributed by atoms with E-state index < -0.39 is 0 Å². The second-order valence-corrected chi connectivity index (χ2v) is 7.32. The normalized spacial score (nSPS) is 15.2. The number of hydrogen-bond donors (Lipinski definition) is 3. The summed E-state index contributed by atoms with van der Waals surface area (Å²) < 4.78 is 0. The van der Waals surface area contributed by atoms with Crippen LogP contribution in [0.4, 0.5) is 10.8 Å². The lowest BCUT2D eigenvalue weighted by molar-refractivity contribution is -0.114. The van der Waals surface area contributed by atoms with Gasteiger partial charge >= 0.3 is 0 Å². The summed E-state index contributed by atoms with van der Waals surface area (Å²) in [6.45, 7) is 6.45. The molecule has 1 aromatic heterocycles. The number of para-hydroxylation sites is 1. The van der Waals surface area contributed by atoms with Crippen molar-refractivity contribution < 1.29 is 4.79 Å². The van der Waals surface area contributed by atoms with E-state index in [1.807, 2.05) is 38.2 Å². The molecule has 6 heteroatoms. The van der Waals surface area contributed by atoms with Gasteiger partial charge in [-0.25, -0.2) is 4.98 Å². The second-order valence-electron chi connectivity index (χ2n) is 6.26. The van der Waals surface area contributed by atoms with Crippen LogP contribution in [0.3, 0.4) is 0 Å². The summed E-state index contributed by atoms with van der Waals surface area (Å²) in [5.74, 6) is 0.506. The van der Waals surface area contributed by atoms with Gasteiger partial charge in [0.15, 0.2) is 5.13 Å². The topological polar surface area (TPSA) is 66.0 Å². The lowest BCUT2D eigenvalue weighted by Gasteiger charge is -2.20. The number of hydrogen-bond acceptors (Lipinski definition) is 5. The zero-order chi connectivity index (χ0) is 16.9. The highest BCUT2D eigenvalue weighted by Crippen LogP contribution is 2.31. The van der Waals surface area contributed by atoms with Gasteiger partial charge < -0.3 is 16.0 Å². The molecular weight excluding hydrogens is 320 g/mol. The zero-order valence-electron chi connectivity index (χ0n) is 14.2. The predicted molar refractivity (Wildman–Crippen MR) is 100.0 cm³/mol. The Balaban J connectivity index is 1.54. The van der Waals surface area contributed by atoms with Gasteiger partial charge in [0.05, 0.1) is 6.54 Å². The van der Waals surface area contributed by atoms with Crippen LogP contribution in [0.5, 0.6) is 0 Å². The summed E-state index contributed by atoms with van der Waals surface area (Å²) in [7, 11) is 0. The van der Waals surface area contributed by atoms with Crippen LogP contribution in [0.15, 0.2) is 24.4 Å². The Kier molecular flexibility index (Phi) is 5.48. The van der Waals surface area contributed by atoms with Gasteiger partial charge in [0.25, 0.3) is 0 Å². The Morgan fingerprint density at radius 1 is 1.29 bits per heavy atom. The van der Waals surface area contributed by atoms with Crippen LogP contribution in [0.1, 0.15) is 34.8 Å². The molecule has 2 heterocycles. The smallest absolute Gasteiger partial charge is 0.245 e. The number of nitrogens with one attached hydrogen (secondary N) is 3. The van der Waals surface area contributed by atoms with E-state index in [9.17, 15) is 4.79 Å². The molecule has 1 amide bonds. The maximum atomic E-state index is 12.2. The SMILES string of the molecule is Cc1cccc(C)c1NCC(=O)Nc1ncc(C2CCNCC2)s1. The quantitative estimate of drug-likeness (QED) is 0.779. The van der Waals surface area contributed by atoms with Crippen LogP contribution in [0, 0.1) is 13.8 Å². The van der Waals surface area contributed by atoms with Crippen molar-refractivity contribution in [2.75, 3.05) is 30.3 Å². The minimum absolute atomic E-state index is 0.0659. The predicted octanol–water partition coefficient (Wildman–Crippen LogP) is 3.28. The third-order valence-corrected chi connectivity index (χ3v) is 5.49. The van der Waals surface area contributed by atoms with Gasteiger partial charge in [-0.15, -0.1) is 11.3 Å². The number of piperidine rings is 1. The number of carbonyl (C=O) groups excluding carboxylic acids is 1. The molecule has 128 valence electrons. The third kappa shape index (κ3) is 4.13. The van der Waals surface area contributed by atoms with Crippen molar-refractivity contribution in [1.29, 1.82) is 0 Å². The molecule has 1 saturated heterocycles. The minimum Gasteiger partial charge on any atom is -0.376 e. The van der Waals surface area contributed by atoms with Crippen molar-refractivity contribution in [2.24, 2.45) is 0 Å². The summed E-state index contributed by atoms with van der Waals surface area (Å²) in [6.07, 6.45) is 4.20. The van der Waals surface area contributed by atoms with Crippen LogP contribution in [-0.2, 0) is 4.79 Å². The molecule has 3 N–H and O–H groups in total. The average molecular weight is 344 g/mol. The summed E-state index contributed by atoms with van der Waals surface area (Å²) in [4.78, 5) is 17.8. The largest absolute Gasteiger partial charge is 0.376 e. The Morgan fingerprint density at radius 2 is 2.00 bits per heavy atom. The highest BCUT2D eigenvalue weighted by Gasteiger charge is 2.18. The lowest BCUT2D eigenvalue weighted by Crippen LogP contribution is -2.26. The fourth-order valence-electron chi connectivity index (χ4n) is 3.06. The Morgan fingerprint density at radius 3 is 2.71 bits per heavy atom. The molecule has 0 bridgehead atoms. The maximum Gasteiger partial charge on any atom is 0.245 e. The first-order valence-corrected chi connectivity index (χ1v) is 9.21. The molecule has 0 atom stereocenters. The van der Waals surface area contributed by atoms with Gasteiger partial charge in [-0.2, -0.15) is 0 Å². The number of anilines is 2. The van der Waals surface area contributed by atoms with E-state index in [2.05, 4.69) is 20.9 Å². The zero-order valence-corrected chi connectivity index (χ0v) is 15.0. The van der Waals surface area contributed by atoms with Gasteiger partial charge in [0.2, 0.25) is 5.91 Å². The summed E-state index contributed by atoms with van der Waals surface area (Å²) >= 11 is 1.60. The van der Waals surface area contributed by atoms with E-state index in [0.717, 1.165) is 42.7 Å². The number of nitrogens with zero attached hydrogens (tertiary/aromatic N) is 1. The van der Waals surface area contributed by atoms with Crippen LogP contribution in [0.2, 0.25) is 0 Å². The van der Waals surface area contributed by atoms with Crippen molar-refractivity contribution in [3.8, 4) is 0 Å². The summed E-state index contributed by atoms with van der Waals surface area (Å²) in [5.41, 5.74) is 3.32. The molecule has 0 unspecified atom stereocenters. The number of aromatic nitrogens is 1. The van der Waals surface area contributed by atoms with Crippen LogP contribution in [0.25, 0.3) is 0 Å². The molecule has 0 aliphatic carbocycles. The molecule has 2 aromatic rings. The van der Waals surface area contributed by atoms with Gasteiger partial charge in [0, 0.05) is 16.8 Å². The minimum atomic E-state index is -0.0659. The fraction of sp³-hybridized carbons (Fsp3) is 0.444. The number of rotatable bonds is 5. The molecule has 0 spiro atoms. The van der Waals surface area contributed by atoms with Gasteiger partial charge in [-0.05, 0) is 56.8 Å². The maximum absolute atomic E-state index is 12.2. The lowest BCUT2D eigenvalue weighted by atomic mass is 9.97. The molecule has 1 aliphatic rings. The Hall–Kier alpha value is -1.92. The molecular formula is C18H24N4OS. The molecule has 0 radical (unpaired) electrons. The number of benzene rings is 1. The van der Waals surface area contributed by atoms with Crippen molar-refractivity contribution >= 4 is 28.1 Å². The molecule has 1 fully saturated rings. The second kappa shape index (κ2) is 7.77. The van der Waals surface area contributed by atoms with E-state index in [-0.39, 0.29) is 12.5 Å². The van der Waals surface area contributed by atoms with E-state index in [4.69, 9.17) is 0 Å². The Labute approximate surface area is 146 Å². The van der Waals surface area contributed by atoms with Crippen molar-refractivity contribution in [3.05, 3.63) is 40.4 Å². The fourth-order valence-corrected chi connectivity index (χ4v) is 4.07. The number of aryl methyl sites for hydroxylation is 2. The van der Waals surface area contributed by atoms with E-state index in [1.54, 1.807) is 11.3 Å². The van der Waals surface area contributed by atoms with Crippen LogP contribution in [-0.4, -0.2) is 30.5 Å². The van der Waals surface area contributed by atoms with Gasteiger partial charge in [-0.1, -0.05) is 18.2 Å². The average Bonchev–Trinajstić information content (AvgIpc) is 3.03. The molecule has 24 heavy (non-hydrogen) atoms. The van der Waals surface area contributed by atoms with E-state index in [0.29, 0.717) is 11.0 Å². The third-order valence-electron chi connectivity index (χ3n) is 4.42. The number of carbonyl (C=O) groups is 1. The van der Waals surface area contributed by atoms with Gasteiger partial charge in [-0.3, -0.25) is 4.79 Å². The highest BCUT2D eigenvalue weighted by atomic mass is 32.1. The van der Waals surface area contributed by atoms with Crippen molar-refractivity contribution in [3.63, 3.8) is 0 Å². The van der Waals surface area contributed by atoms with Gasteiger partial charge in [0.1, 0.15) is 0 Å². The first-order valence-electron chi connectivity index (χ1n) is 8.40. The van der Waals surface area contributed by atoms with Crippen molar-refractivity contribution in [2.45, 2.75) is 32.6 Å². The van der Waals surface area contributed by atoms with Crippen LogP contribution < -0.4 is 16.0 Å². The van der Waals surface area contributed by atoms with E-state index in [1.165, 1.54) is 4.88 Å². The standard InChI is InChI=1S/C18H24N4OS/c1-12-4-3-5-13(2)17(12)20-11-16(23)22-18-21-10-15(24-18)14-6-8-19-9-7-14/h3-5,10,14,19-20H,6-9,11H2,1-2H3,(H,21,22,23). The Bertz CT molecular complexity index is 687. The first kappa shape index (κ1) is 16.9. The summed E-state index contributed by atoms with van der Waals surface area (Å²) in [5, 5.41) is 10.2. The van der Waals surface area contributed by atoms with Crippen LogP contribution >= 0.6 is 11.3 Å². The van der Waals surface area contributed by atoms with Crippen molar-refractivity contribution in [1.82, 2.24) is 10.3 Å². The first-order chi connectivity index (χ1) is 11.6. The summed E-state index contributed by atoms with van der Waals surface area (Å²) in [6, 6.07) is 6.10. The van der Waals surface area contributed by atoms with E-state index >= 15 is 0 Å². The molecule has 1 aromatic carbocycles.